The molecular weight excluding hydrogens is 200 g/mol. The van der Waals surface area contributed by atoms with E-state index in [9.17, 15) is 0 Å². The molecule has 16 heavy (non-hydrogen) atoms. The van der Waals surface area contributed by atoms with Crippen molar-refractivity contribution in [3.05, 3.63) is 29.3 Å². The highest BCUT2D eigenvalue weighted by atomic mass is 16.5. The molecule has 0 aromatic heterocycles. The van der Waals surface area contributed by atoms with E-state index in [4.69, 9.17) is 10.5 Å². The molecule has 3 N–H and O–H groups in total. The van der Waals surface area contributed by atoms with Crippen molar-refractivity contribution in [1.29, 1.82) is 0 Å². The quantitative estimate of drug-likeness (QED) is 0.588. The first kappa shape index (κ1) is 11.4. The van der Waals surface area contributed by atoms with Crippen LogP contribution in [0.2, 0.25) is 0 Å². The van der Waals surface area contributed by atoms with Crippen molar-refractivity contribution in [2.75, 3.05) is 25.5 Å². The van der Waals surface area contributed by atoms with Crippen LogP contribution in [-0.2, 0) is 11.2 Å². The van der Waals surface area contributed by atoms with E-state index >= 15 is 0 Å². The molecule has 0 bridgehead atoms. The molecular formula is C13H20N2O. The molecule has 3 heteroatoms. The van der Waals surface area contributed by atoms with E-state index in [1.165, 1.54) is 17.5 Å². The normalized spacial score (nSPS) is 18.7. The number of nitrogen functional groups attached to an aromatic ring is 1. The summed E-state index contributed by atoms with van der Waals surface area (Å²) in [4.78, 5) is 0. The highest BCUT2D eigenvalue weighted by molar-refractivity contribution is 5.47. The minimum absolute atomic E-state index is 0.482. The molecule has 1 aliphatic rings. The molecule has 0 aliphatic heterocycles. The van der Waals surface area contributed by atoms with Gasteiger partial charge in [0.25, 0.3) is 0 Å². The second kappa shape index (κ2) is 5.32. The highest BCUT2D eigenvalue weighted by Crippen LogP contribution is 2.31. The van der Waals surface area contributed by atoms with Crippen molar-refractivity contribution in [2.45, 2.75) is 25.8 Å². The van der Waals surface area contributed by atoms with Gasteiger partial charge in [0.1, 0.15) is 0 Å². The largest absolute Gasteiger partial charge is 0.399 e. The average Bonchev–Trinajstić information content (AvgIpc) is 2.67. The van der Waals surface area contributed by atoms with Crippen LogP contribution >= 0.6 is 0 Å². The van der Waals surface area contributed by atoms with Gasteiger partial charge in [-0.25, -0.2) is 0 Å². The number of hydrogen-bond acceptors (Lipinski definition) is 3. The standard InChI is InChI=1S/C13H20N2O/c1-2-16-8-7-15-13-6-3-10-9-11(14)4-5-12(10)13/h4-5,9,13,15H,2-3,6-8,14H2,1H3. The van der Waals surface area contributed by atoms with E-state index in [2.05, 4.69) is 17.4 Å². The summed E-state index contributed by atoms with van der Waals surface area (Å²) < 4.78 is 5.32. The van der Waals surface area contributed by atoms with Gasteiger partial charge >= 0.3 is 0 Å². The van der Waals surface area contributed by atoms with Gasteiger partial charge in [0.15, 0.2) is 0 Å². The van der Waals surface area contributed by atoms with E-state index < -0.39 is 0 Å². The van der Waals surface area contributed by atoms with Crippen LogP contribution in [0.3, 0.4) is 0 Å². The van der Waals surface area contributed by atoms with Gasteiger partial charge in [0.05, 0.1) is 6.61 Å². The Kier molecular flexibility index (Phi) is 3.80. The summed E-state index contributed by atoms with van der Waals surface area (Å²) in [6, 6.07) is 6.72. The van der Waals surface area contributed by atoms with Crippen LogP contribution in [0, 0.1) is 0 Å². The minimum Gasteiger partial charge on any atom is -0.399 e. The third-order valence-electron chi connectivity index (χ3n) is 3.09. The number of anilines is 1. The molecule has 1 atom stereocenters. The van der Waals surface area contributed by atoms with Gasteiger partial charge in [0, 0.05) is 24.9 Å². The number of hydrogen-bond donors (Lipinski definition) is 2. The third-order valence-corrected chi connectivity index (χ3v) is 3.09. The van der Waals surface area contributed by atoms with Gasteiger partial charge in [-0.2, -0.15) is 0 Å². The van der Waals surface area contributed by atoms with Gasteiger partial charge in [0.2, 0.25) is 0 Å². The molecule has 0 saturated carbocycles. The Morgan fingerprint density at radius 1 is 1.50 bits per heavy atom. The zero-order chi connectivity index (χ0) is 11.4. The first-order valence-electron chi connectivity index (χ1n) is 6.00. The molecule has 1 unspecified atom stereocenters. The Hall–Kier alpha value is -1.06. The Morgan fingerprint density at radius 3 is 3.19 bits per heavy atom. The van der Waals surface area contributed by atoms with E-state index in [1.54, 1.807) is 0 Å². The number of ether oxygens (including phenoxy) is 1. The second-order valence-corrected chi connectivity index (χ2v) is 4.20. The fourth-order valence-electron chi connectivity index (χ4n) is 2.30. The van der Waals surface area contributed by atoms with Crippen molar-refractivity contribution >= 4 is 5.69 Å². The topological polar surface area (TPSA) is 47.3 Å². The Labute approximate surface area is 97.0 Å². The van der Waals surface area contributed by atoms with Crippen LogP contribution in [0.25, 0.3) is 0 Å². The van der Waals surface area contributed by atoms with Gasteiger partial charge in [-0.1, -0.05) is 6.07 Å². The van der Waals surface area contributed by atoms with Crippen LogP contribution in [-0.4, -0.2) is 19.8 Å². The minimum atomic E-state index is 0.482. The molecule has 0 amide bonds. The van der Waals surface area contributed by atoms with Crippen molar-refractivity contribution in [3.63, 3.8) is 0 Å². The molecule has 0 heterocycles. The van der Waals surface area contributed by atoms with Crippen molar-refractivity contribution in [3.8, 4) is 0 Å². The van der Waals surface area contributed by atoms with E-state index in [0.717, 1.165) is 31.9 Å². The molecule has 0 spiro atoms. The second-order valence-electron chi connectivity index (χ2n) is 4.20. The summed E-state index contributed by atoms with van der Waals surface area (Å²) in [6.45, 7) is 4.52. The van der Waals surface area contributed by atoms with Gasteiger partial charge < -0.3 is 15.8 Å². The Morgan fingerprint density at radius 2 is 2.38 bits per heavy atom. The number of nitrogens with one attached hydrogen (secondary N) is 1. The summed E-state index contributed by atoms with van der Waals surface area (Å²) in [7, 11) is 0. The van der Waals surface area contributed by atoms with Gasteiger partial charge in [-0.05, 0) is 43.0 Å². The summed E-state index contributed by atoms with van der Waals surface area (Å²) in [5.74, 6) is 0. The van der Waals surface area contributed by atoms with Crippen LogP contribution in [0.1, 0.15) is 30.5 Å². The lowest BCUT2D eigenvalue weighted by Crippen LogP contribution is -2.23. The lowest BCUT2D eigenvalue weighted by molar-refractivity contribution is 0.147. The predicted octanol–water partition coefficient (Wildman–Crippen LogP) is 1.88. The summed E-state index contributed by atoms with van der Waals surface area (Å²) >= 11 is 0. The molecule has 3 nitrogen and oxygen atoms in total. The molecule has 0 saturated heterocycles. The lowest BCUT2D eigenvalue weighted by atomic mass is 10.1. The lowest BCUT2D eigenvalue weighted by Gasteiger charge is -2.14. The maximum atomic E-state index is 5.78. The van der Waals surface area contributed by atoms with Crippen molar-refractivity contribution in [2.24, 2.45) is 0 Å². The van der Waals surface area contributed by atoms with E-state index in [0.29, 0.717) is 6.04 Å². The first-order chi connectivity index (χ1) is 7.81. The summed E-state index contributed by atoms with van der Waals surface area (Å²) in [5, 5.41) is 3.53. The first-order valence-corrected chi connectivity index (χ1v) is 6.00. The maximum absolute atomic E-state index is 5.78. The zero-order valence-electron chi connectivity index (χ0n) is 9.83. The van der Waals surface area contributed by atoms with E-state index in [1.807, 2.05) is 13.0 Å². The number of nitrogens with two attached hydrogens (primary N) is 1. The fraction of sp³-hybridized carbons (Fsp3) is 0.538. The fourth-order valence-corrected chi connectivity index (χ4v) is 2.30. The highest BCUT2D eigenvalue weighted by Gasteiger charge is 2.21. The Balaban J connectivity index is 1.91. The smallest absolute Gasteiger partial charge is 0.0590 e. The van der Waals surface area contributed by atoms with Crippen LogP contribution in [0.15, 0.2) is 18.2 Å². The van der Waals surface area contributed by atoms with Gasteiger partial charge in [-0.3, -0.25) is 0 Å². The predicted molar refractivity (Wildman–Crippen MR) is 66.4 cm³/mol. The number of benzene rings is 1. The summed E-state index contributed by atoms with van der Waals surface area (Å²) in [5.41, 5.74) is 9.45. The number of fused-ring (bicyclic) bond motifs is 1. The SMILES string of the molecule is CCOCCNC1CCc2cc(N)ccc21. The molecule has 1 aliphatic carbocycles. The van der Waals surface area contributed by atoms with Crippen LogP contribution < -0.4 is 11.1 Å². The van der Waals surface area contributed by atoms with Crippen molar-refractivity contribution in [1.82, 2.24) is 5.32 Å². The monoisotopic (exact) mass is 220 g/mol. The molecule has 1 aromatic rings. The average molecular weight is 220 g/mol. The third kappa shape index (κ3) is 2.54. The molecule has 0 fully saturated rings. The van der Waals surface area contributed by atoms with E-state index in [-0.39, 0.29) is 0 Å². The van der Waals surface area contributed by atoms with Crippen LogP contribution in [0.5, 0.6) is 0 Å². The van der Waals surface area contributed by atoms with Gasteiger partial charge in [-0.15, -0.1) is 0 Å². The maximum Gasteiger partial charge on any atom is 0.0590 e. The number of aryl methyl sites for hydroxylation is 1. The van der Waals surface area contributed by atoms with Crippen LogP contribution in [0.4, 0.5) is 5.69 Å². The van der Waals surface area contributed by atoms with Crippen molar-refractivity contribution < 1.29 is 4.74 Å². The molecule has 0 radical (unpaired) electrons. The number of rotatable bonds is 5. The molecule has 1 aromatic carbocycles. The molecule has 88 valence electrons. The summed E-state index contributed by atoms with van der Waals surface area (Å²) in [6.07, 6.45) is 2.30. The molecule has 2 rings (SSSR count). The Bertz CT molecular complexity index is 352. The zero-order valence-corrected chi connectivity index (χ0v) is 9.83.